The molecule has 2 rings (SSSR count). The first-order valence-corrected chi connectivity index (χ1v) is 6.78. The zero-order valence-electron chi connectivity index (χ0n) is 12.0. The standard InChI is InChI=1S/C17H22N2/c1-4-19(12-15-10-6-5-8-13(15)2)17-14(3)9-7-11-16(17)18/h5-11H,4,12,18H2,1-3H3. The van der Waals surface area contributed by atoms with Crippen LogP contribution in [0.5, 0.6) is 0 Å². The number of nitrogen functional groups attached to an aromatic ring is 1. The van der Waals surface area contributed by atoms with Gasteiger partial charge in [0.05, 0.1) is 11.4 Å². The number of aryl methyl sites for hydroxylation is 2. The van der Waals surface area contributed by atoms with Crippen molar-refractivity contribution in [3.05, 3.63) is 59.2 Å². The topological polar surface area (TPSA) is 29.3 Å². The minimum atomic E-state index is 0.857. The van der Waals surface area contributed by atoms with Crippen LogP contribution in [0.25, 0.3) is 0 Å². The molecule has 0 aromatic heterocycles. The molecule has 0 unspecified atom stereocenters. The van der Waals surface area contributed by atoms with Gasteiger partial charge in [-0.25, -0.2) is 0 Å². The monoisotopic (exact) mass is 254 g/mol. The van der Waals surface area contributed by atoms with Gasteiger partial charge < -0.3 is 10.6 Å². The van der Waals surface area contributed by atoms with Crippen molar-refractivity contribution in [3.8, 4) is 0 Å². The van der Waals surface area contributed by atoms with Gasteiger partial charge in [-0.3, -0.25) is 0 Å². The van der Waals surface area contributed by atoms with E-state index in [0.29, 0.717) is 0 Å². The molecule has 0 atom stereocenters. The smallest absolute Gasteiger partial charge is 0.0632 e. The van der Waals surface area contributed by atoms with Crippen molar-refractivity contribution >= 4 is 11.4 Å². The molecule has 0 saturated carbocycles. The van der Waals surface area contributed by atoms with Crippen molar-refractivity contribution in [2.24, 2.45) is 0 Å². The fraction of sp³-hybridized carbons (Fsp3) is 0.294. The number of hydrogen-bond acceptors (Lipinski definition) is 2. The summed E-state index contributed by atoms with van der Waals surface area (Å²) in [5.41, 5.74) is 12.1. The summed E-state index contributed by atoms with van der Waals surface area (Å²) < 4.78 is 0. The molecular weight excluding hydrogens is 232 g/mol. The minimum Gasteiger partial charge on any atom is -0.397 e. The molecule has 2 aromatic rings. The highest BCUT2D eigenvalue weighted by Crippen LogP contribution is 2.28. The summed E-state index contributed by atoms with van der Waals surface area (Å²) in [6.07, 6.45) is 0. The first-order chi connectivity index (χ1) is 9.13. The SMILES string of the molecule is CCN(Cc1ccccc1C)c1c(C)cccc1N. The maximum absolute atomic E-state index is 6.15. The molecule has 0 bridgehead atoms. The Balaban J connectivity index is 2.34. The van der Waals surface area contributed by atoms with Gasteiger partial charge >= 0.3 is 0 Å². The summed E-state index contributed by atoms with van der Waals surface area (Å²) in [6.45, 7) is 8.29. The van der Waals surface area contributed by atoms with Crippen LogP contribution in [-0.2, 0) is 6.54 Å². The molecule has 0 spiro atoms. The van der Waals surface area contributed by atoms with Crippen LogP contribution in [0.1, 0.15) is 23.6 Å². The summed E-state index contributed by atoms with van der Waals surface area (Å²) in [4.78, 5) is 2.34. The molecule has 0 aliphatic carbocycles. The molecule has 0 fully saturated rings. The summed E-state index contributed by atoms with van der Waals surface area (Å²) in [5, 5.41) is 0. The van der Waals surface area contributed by atoms with E-state index in [1.54, 1.807) is 0 Å². The van der Waals surface area contributed by atoms with Crippen LogP contribution in [0.2, 0.25) is 0 Å². The van der Waals surface area contributed by atoms with E-state index in [2.05, 4.69) is 56.0 Å². The fourth-order valence-electron chi connectivity index (χ4n) is 2.46. The maximum Gasteiger partial charge on any atom is 0.0632 e. The molecule has 2 aromatic carbocycles. The van der Waals surface area contributed by atoms with Crippen LogP contribution in [0, 0.1) is 13.8 Å². The highest BCUT2D eigenvalue weighted by molar-refractivity contribution is 5.71. The quantitative estimate of drug-likeness (QED) is 0.838. The molecule has 2 nitrogen and oxygen atoms in total. The summed E-state index contributed by atoms with van der Waals surface area (Å²) in [7, 11) is 0. The zero-order valence-corrected chi connectivity index (χ0v) is 12.0. The van der Waals surface area contributed by atoms with Crippen LogP contribution >= 0.6 is 0 Å². The lowest BCUT2D eigenvalue weighted by Gasteiger charge is -2.27. The molecule has 0 heterocycles. The van der Waals surface area contributed by atoms with Gasteiger partial charge in [-0.1, -0.05) is 36.4 Å². The van der Waals surface area contributed by atoms with E-state index in [4.69, 9.17) is 5.73 Å². The summed E-state index contributed by atoms with van der Waals surface area (Å²) in [6, 6.07) is 14.6. The van der Waals surface area contributed by atoms with Gasteiger partial charge in [0, 0.05) is 13.1 Å². The average molecular weight is 254 g/mol. The Labute approximate surface area is 115 Å². The van der Waals surface area contributed by atoms with Crippen LogP contribution in [0.3, 0.4) is 0 Å². The predicted octanol–water partition coefficient (Wildman–Crippen LogP) is 3.91. The first kappa shape index (κ1) is 13.5. The van der Waals surface area contributed by atoms with Crippen molar-refractivity contribution in [3.63, 3.8) is 0 Å². The second-order valence-electron chi connectivity index (χ2n) is 4.95. The molecule has 2 heteroatoms. The Kier molecular flexibility index (Phi) is 4.10. The lowest BCUT2D eigenvalue weighted by atomic mass is 10.1. The van der Waals surface area contributed by atoms with E-state index >= 15 is 0 Å². The second kappa shape index (κ2) is 5.79. The Hall–Kier alpha value is -1.96. The van der Waals surface area contributed by atoms with E-state index in [-0.39, 0.29) is 0 Å². The van der Waals surface area contributed by atoms with E-state index in [1.807, 2.05) is 12.1 Å². The second-order valence-corrected chi connectivity index (χ2v) is 4.95. The molecular formula is C17H22N2. The van der Waals surface area contributed by atoms with Crippen LogP contribution in [0.15, 0.2) is 42.5 Å². The number of nitrogens with two attached hydrogens (primary N) is 1. The zero-order chi connectivity index (χ0) is 13.8. The van der Waals surface area contributed by atoms with Gasteiger partial charge in [0.2, 0.25) is 0 Å². The van der Waals surface area contributed by atoms with Crippen LogP contribution in [-0.4, -0.2) is 6.54 Å². The van der Waals surface area contributed by atoms with Gasteiger partial charge in [-0.05, 0) is 43.5 Å². The third kappa shape index (κ3) is 2.90. The van der Waals surface area contributed by atoms with E-state index in [0.717, 1.165) is 24.5 Å². The van der Waals surface area contributed by atoms with E-state index in [1.165, 1.54) is 16.7 Å². The van der Waals surface area contributed by atoms with Gasteiger partial charge in [-0.15, -0.1) is 0 Å². The van der Waals surface area contributed by atoms with Crippen molar-refractivity contribution in [2.75, 3.05) is 17.2 Å². The lowest BCUT2D eigenvalue weighted by molar-refractivity contribution is 0.825. The Morgan fingerprint density at radius 2 is 1.63 bits per heavy atom. The molecule has 2 N–H and O–H groups in total. The van der Waals surface area contributed by atoms with Crippen molar-refractivity contribution < 1.29 is 0 Å². The van der Waals surface area contributed by atoms with Crippen LogP contribution < -0.4 is 10.6 Å². The van der Waals surface area contributed by atoms with Crippen LogP contribution in [0.4, 0.5) is 11.4 Å². The van der Waals surface area contributed by atoms with Gasteiger partial charge in [0.15, 0.2) is 0 Å². The highest BCUT2D eigenvalue weighted by Gasteiger charge is 2.12. The van der Waals surface area contributed by atoms with E-state index < -0.39 is 0 Å². The third-order valence-electron chi connectivity index (χ3n) is 3.59. The molecule has 0 saturated heterocycles. The fourth-order valence-corrected chi connectivity index (χ4v) is 2.46. The van der Waals surface area contributed by atoms with Crippen molar-refractivity contribution in [1.29, 1.82) is 0 Å². The summed E-state index contributed by atoms with van der Waals surface area (Å²) >= 11 is 0. The Morgan fingerprint density at radius 1 is 0.947 bits per heavy atom. The normalized spacial score (nSPS) is 10.5. The molecule has 100 valence electrons. The van der Waals surface area contributed by atoms with Gasteiger partial charge in [0.25, 0.3) is 0 Å². The minimum absolute atomic E-state index is 0.857. The first-order valence-electron chi connectivity index (χ1n) is 6.78. The van der Waals surface area contributed by atoms with Gasteiger partial charge in [-0.2, -0.15) is 0 Å². The van der Waals surface area contributed by atoms with Crippen molar-refractivity contribution in [1.82, 2.24) is 0 Å². The number of rotatable bonds is 4. The number of benzene rings is 2. The average Bonchev–Trinajstić information content (AvgIpc) is 2.39. The number of nitrogens with zero attached hydrogens (tertiary/aromatic N) is 1. The number of para-hydroxylation sites is 1. The Morgan fingerprint density at radius 3 is 2.26 bits per heavy atom. The van der Waals surface area contributed by atoms with Gasteiger partial charge in [0.1, 0.15) is 0 Å². The number of hydrogen-bond donors (Lipinski definition) is 1. The molecule has 0 radical (unpaired) electrons. The molecule has 0 aliphatic rings. The van der Waals surface area contributed by atoms with E-state index in [9.17, 15) is 0 Å². The lowest BCUT2D eigenvalue weighted by Crippen LogP contribution is -2.24. The molecule has 0 amide bonds. The molecule has 19 heavy (non-hydrogen) atoms. The highest BCUT2D eigenvalue weighted by atomic mass is 15.1. The largest absolute Gasteiger partial charge is 0.397 e. The summed E-state index contributed by atoms with van der Waals surface area (Å²) in [5.74, 6) is 0. The third-order valence-corrected chi connectivity index (χ3v) is 3.59. The number of anilines is 2. The van der Waals surface area contributed by atoms with Crippen molar-refractivity contribution in [2.45, 2.75) is 27.3 Å². The maximum atomic E-state index is 6.15. The Bertz CT molecular complexity index is 541. The predicted molar refractivity (Wildman–Crippen MR) is 83.5 cm³/mol. The molecule has 0 aliphatic heterocycles.